The van der Waals surface area contributed by atoms with Crippen molar-refractivity contribution in [1.82, 2.24) is 15.0 Å². The van der Waals surface area contributed by atoms with Gasteiger partial charge in [0.1, 0.15) is 18.0 Å². The van der Waals surface area contributed by atoms with E-state index in [2.05, 4.69) is 15.0 Å². The van der Waals surface area contributed by atoms with Crippen LogP contribution in [0.4, 0.5) is 17.3 Å². The molecule has 2 heterocycles. The van der Waals surface area contributed by atoms with Crippen molar-refractivity contribution in [1.29, 1.82) is 5.26 Å². The average Bonchev–Trinajstić information content (AvgIpc) is 2.46. The number of hydrogen-bond acceptors (Lipinski definition) is 6. The van der Waals surface area contributed by atoms with Gasteiger partial charge in [-0.2, -0.15) is 5.26 Å². The molecule has 0 amide bonds. The zero-order valence-electron chi connectivity index (χ0n) is 10.1. The molecule has 0 saturated carbocycles. The average molecular weight is 240 g/mol. The van der Waals surface area contributed by atoms with Gasteiger partial charge in [-0.15, -0.1) is 0 Å². The molecule has 2 aromatic rings. The van der Waals surface area contributed by atoms with Gasteiger partial charge in [-0.1, -0.05) is 0 Å². The molecular weight excluding hydrogens is 228 g/mol. The van der Waals surface area contributed by atoms with Gasteiger partial charge in [0.15, 0.2) is 6.19 Å². The maximum absolute atomic E-state index is 8.83. The summed E-state index contributed by atoms with van der Waals surface area (Å²) < 4.78 is 0. The summed E-state index contributed by atoms with van der Waals surface area (Å²) >= 11 is 0. The number of hydrogen-bond donors (Lipinski definition) is 0. The highest BCUT2D eigenvalue weighted by molar-refractivity contribution is 5.61. The molecule has 0 fully saturated rings. The van der Waals surface area contributed by atoms with E-state index in [0.29, 0.717) is 11.6 Å². The third-order valence-corrected chi connectivity index (χ3v) is 2.51. The van der Waals surface area contributed by atoms with Gasteiger partial charge >= 0.3 is 0 Å². The molecule has 0 atom stereocenters. The maximum Gasteiger partial charge on any atom is 0.185 e. The summed E-state index contributed by atoms with van der Waals surface area (Å²) in [6.45, 7) is 0. The molecule has 0 N–H and O–H groups in total. The minimum absolute atomic E-state index is 0.554. The number of aromatic nitrogens is 3. The fourth-order valence-corrected chi connectivity index (χ4v) is 1.44. The van der Waals surface area contributed by atoms with Gasteiger partial charge in [0.05, 0.1) is 11.9 Å². The minimum atomic E-state index is 0.554. The van der Waals surface area contributed by atoms with Crippen molar-refractivity contribution in [3.63, 3.8) is 0 Å². The Morgan fingerprint density at radius 2 is 2.00 bits per heavy atom. The van der Waals surface area contributed by atoms with Crippen LogP contribution in [-0.4, -0.2) is 29.0 Å². The highest BCUT2D eigenvalue weighted by atomic mass is 15.2. The molecule has 2 aromatic heterocycles. The number of nitriles is 1. The smallest absolute Gasteiger partial charge is 0.185 e. The van der Waals surface area contributed by atoms with E-state index >= 15 is 0 Å². The van der Waals surface area contributed by atoms with Crippen molar-refractivity contribution in [2.45, 2.75) is 0 Å². The van der Waals surface area contributed by atoms with Crippen LogP contribution in [0.25, 0.3) is 0 Å². The van der Waals surface area contributed by atoms with Gasteiger partial charge < -0.3 is 4.90 Å². The topological polar surface area (TPSA) is 68.9 Å². The molecule has 6 heteroatoms. The molecule has 0 bridgehead atoms. The van der Waals surface area contributed by atoms with Crippen molar-refractivity contribution in [2.75, 3.05) is 23.9 Å². The quantitative estimate of drug-likeness (QED) is 0.599. The second-order valence-electron chi connectivity index (χ2n) is 3.66. The summed E-state index contributed by atoms with van der Waals surface area (Å²) in [6, 6.07) is 5.54. The fraction of sp³-hybridized carbons (Fsp3) is 0.167. The lowest BCUT2D eigenvalue weighted by Crippen LogP contribution is -2.15. The van der Waals surface area contributed by atoms with E-state index in [1.54, 1.807) is 25.5 Å². The van der Waals surface area contributed by atoms with E-state index in [9.17, 15) is 0 Å². The Kier molecular flexibility index (Phi) is 3.34. The summed E-state index contributed by atoms with van der Waals surface area (Å²) in [6.07, 6.45) is 6.90. The predicted molar refractivity (Wildman–Crippen MR) is 68.3 cm³/mol. The second-order valence-corrected chi connectivity index (χ2v) is 3.66. The van der Waals surface area contributed by atoms with E-state index in [-0.39, 0.29) is 0 Å². The van der Waals surface area contributed by atoms with Crippen LogP contribution < -0.4 is 9.80 Å². The summed E-state index contributed by atoms with van der Waals surface area (Å²) in [5.74, 6) is 1.26. The van der Waals surface area contributed by atoms with Gasteiger partial charge in [0.25, 0.3) is 0 Å². The normalized spacial score (nSPS) is 9.61. The van der Waals surface area contributed by atoms with Crippen LogP contribution in [0.15, 0.2) is 36.9 Å². The fourth-order valence-electron chi connectivity index (χ4n) is 1.44. The maximum atomic E-state index is 8.83. The SMILES string of the molecule is CN(C#N)c1cc(N(C)c2cccnc2)ncn1. The van der Waals surface area contributed by atoms with Crippen LogP contribution in [0, 0.1) is 11.5 Å². The second kappa shape index (κ2) is 5.10. The summed E-state index contributed by atoms with van der Waals surface area (Å²) in [7, 11) is 3.53. The van der Waals surface area contributed by atoms with Crippen molar-refractivity contribution in [3.8, 4) is 6.19 Å². The highest BCUT2D eigenvalue weighted by Gasteiger charge is 2.08. The third-order valence-electron chi connectivity index (χ3n) is 2.51. The molecule has 0 aliphatic carbocycles. The minimum Gasteiger partial charge on any atom is -0.328 e. The molecular formula is C12H12N6. The first-order chi connectivity index (χ1) is 8.72. The van der Waals surface area contributed by atoms with Crippen LogP contribution in [0.2, 0.25) is 0 Å². The molecule has 0 unspecified atom stereocenters. The van der Waals surface area contributed by atoms with Crippen LogP contribution in [0.5, 0.6) is 0 Å². The summed E-state index contributed by atoms with van der Waals surface area (Å²) in [4.78, 5) is 15.5. The van der Waals surface area contributed by atoms with E-state index in [4.69, 9.17) is 5.26 Å². The van der Waals surface area contributed by atoms with E-state index in [1.807, 2.05) is 30.3 Å². The molecule has 0 saturated heterocycles. The first-order valence-electron chi connectivity index (χ1n) is 5.31. The Bertz CT molecular complexity index is 562. The molecule has 0 spiro atoms. The summed E-state index contributed by atoms with van der Waals surface area (Å²) in [5.41, 5.74) is 0.918. The zero-order valence-corrected chi connectivity index (χ0v) is 10.1. The van der Waals surface area contributed by atoms with E-state index in [0.717, 1.165) is 5.69 Å². The van der Waals surface area contributed by atoms with E-state index in [1.165, 1.54) is 11.2 Å². The van der Waals surface area contributed by atoms with Crippen molar-refractivity contribution >= 4 is 17.3 Å². The first kappa shape index (κ1) is 11.8. The summed E-state index contributed by atoms with van der Waals surface area (Å²) in [5, 5.41) is 8.83. The van der Waals surface area contributed by atoms with E-state index < -0.39 is 0 Å². The standard InChI is InChI=1S/C12H12N6/c1-17(8-13)11-6-12(16-9-15-11)18(2)10-4-3-5-14-7-10/h3-7,9H,1-2H3. The third kappa shape index (κ3) is 2.35. The molecule has 0 aliphatic rings. The predicted octanol–water partition coefficient (Wildman–Crippen LogP) is 1.56. The Labute approximate surface area is 105 Å². The Hall–Kier alpha value is -2.68. The lowest BCUT2D eigenvalue weighted by atomic mass is 10.3. The van der Waals surface area contributed by atoms with Crippen LogP contribution in [0.1, 0.15) is 0 Å². The lowest BCUT2D eigenvalue weighted by molar-refractivity contribution is 1.04. The number of anilines is 3. The van der Waals surface area contributed by atoms with Gasteiger partial charge in [-0.05, 0) is 12.1 Å². The lowest BCUT2D eigenvalue weighted by Gasteiger charge is -2.18. The Morgan fingerprint density at radius 3 is 2.67 bits per heavy atom. The van der Waals surface area contributed by atoms with Crippen LogP contribution in [-0.2, 0) is 0 Å². The monoisotopic (exact) mass is 240 g/mol. The molecule has 0 radical (unpaired) electrons. The molecule has 90 valence electrons. The highest BCUT2D eigenvalue weighted by Crippen LogP contribution is 2.22. The number of nitrogens with zero attached hydrogens (tertiary/aromatic N) is 6. The van der Waals surface area contributed by atoms with Crippen LogP contribution in [0.3, 0.4) is 0 Å². The molecule has 0 aliphatic heterocycles. The van der Waals surface area contributed by atoms with Gasteiger partial charge in [-0.25, -0.2) is 9.97 Å². The Balaban J connectivity index is 2.32. The van der Waals surface area contributed by atoms with Gasteiger partial charge in [0, 0.05) is 26.4 Å². The van der Waals surface area contributed by atoms with Crippen LogP contribution >= 0.6 is 0 Å². The van der Waals surface area contributed by atoms with Crippen molar-refractivity contribution in [3.05, 3.63) is 36.9 Å². The zero-order chi connectivity index (χ0) is 13.0. The number of pyridine rings is 1. The van der Waals surface area contributed by atoms with Crippen molar-refractivity contribution in [2.24, 2.45) is 0 Å². The molecule has 0 aromatic carbocycles. The first-order valence-corrected chi connectivity index (χ1v) is 5.31. The van der Waals surface area contributed by atoms with Crippen molar-refractivity contribution < 1.29 is 0 Å². The van der Waals surface area contributed by atoms with Gasteiger partial charge in [-0.3, -0.25) is 9.88 Å². The molecule has 2 rings (SSSR count). The Morgan fingerprint density at radius 1 is 1.22 bits per heavy atom. The largest absolute Gasteiger partial charge is 0.328 e. The number of rotatable bonds is 3. The molecule has 18 heavy (non-hydrogen) atoms. The van der Waals surface area contributed by atoms with Gasteiger partial charge in [0.2, 0.25) is 0 Å². The molecule has 6 nitrogen and oxygen atoms in total.